The molecule has 1 aromatic heterocycles. The highest BCUT2D eigenvalue weighted by atomic mass is 19.1. The Morgan fingerprint density at radius 2 is 1.84 bits per heavy atom. The number of rotatable bonds is 3. The van der Waals surface area contributed by atoms with E-state index >= 15 is 0 Å². The minimum atomic E-state index is -0.244. The number of benzene rings is 2. The molecule has 1 heterocycles. The predicted molar refractivity (Wildman–Crippen MR) is 97.9 cm³/mol. The van der Waals surface area contributed by atoms with Crippen molar-refractivity contribution >= 4 is 5.82 Å². The minimum Gasteiger partial charge on any atom is -0.363 e. The second-order valence-electron chi connectivity index (χ2n) is 6.48. The van der Waals surface area contributed by atoms with Gasteiger partial charge in [-0.05, 0) is 61.6 Å². The van der Waals surface area contributed by atoms with E-state index in [4.69, 9.17) is 0 Å². The van der Waals surface area contributed by atoms with Crippen LogP contribution in [0.4, 0.5) is 10.2 Å². The molecule has 1 atom stereocenters. The van der Waals surface area contributed by atoms with Crippen molar-refractivity contribution in [3.05, 3.63) is 77.4 Å². The highest BCUT2D eigenvalue weighted by Crippen LogP contribution is 2.32. The highest BCUT2D eigenvalue weighted by Gasteiger charge is 2.20. The van der Waals surface area contributed by atoms with Gasteiger partial charge in [0.2, 0.25) is 0 Å². The van der Waals surface area contributed by atoms with Gasteiger partial charge in [0, 0.05) is 11.6 Å². The number of nitrogens with zero attached hydrogens (tertiary/aromatic N) is 2. The van der Waals surface area contributed by atoms with Crippen molar-refractivity contribution in [1.82, 2.24) is 9.97 Å². The van der Waals surface area contributed by atoms with E-state index in [1.165, 1.54) is 29.7 Å². The number of aromatic nitrogens is 2. The zero-order chi connectivity index (χ0) is 17.2. The highest BCUT2D eigenvalue weighted by molar-refractivity contribution is 5.62. The van der Waals surface area contributed by atoms with Crippen molar-refractivity contribution in [3.63, 3.8) is 0 Å². The van der Waals surface area contributed by atoms with Crippen LogP contribution in [0.1, 0.15) is 35.8 Å². The first-order valence-electron chi connectivity index (χ1n) is 8.65. The zero-order valence-electron chi connectivity index (χ0n) is 14.2. The van der Waals surface area contributed by atoms with Crippen LogP contribution in [0.5, 0.6) is 0 Å². The third-order valence-corrected chi connectivity index (χ3v) is 4.67. The number of hydrogen-bond donors (Lipinski definition) is 1. The molecule has 0 saturated heterocycles. The van der Waals surface area contributed by atoms with Crippen LogP contribution in [0.2, 0.25) is 0 Å². The van der Waals surface area contributed by atoms with Crippen molar-refractivity contribution < 1.29 is 4.39 Å². The molecule has 0 radical (unpaired) electrons. The summed E-state index contributed by atoms with van der Waals surface area (Å²) in [5.74, 6) is 1.27. The molecular weight excluding hydrogens is 313 g/mol. The van der Waals surface area contributed by atoms with E-state index in [0.29, 0.717) is 5.82 Å². The van der Waals surface area contributed by atoms with Crippen LogP contribution in [0, 0.1) is 12.7 Å². The van der Waals surface area contributed by atoms with Crippen molar-refractivity contribution in [3.8, 4) is 11.3 Å². The van der Waals surface area contributed by atoms with E-state index in [2.05, 4.69) is 39.6 Å². The summed E-state index contributed by atoms with van der Waals surface area (Å²) in [7, 11) is 0. The van der Waals surface area contributed by atoms with Crippen LogP contribution in [-0.4, -0.2) is 9.97 Å². The Labute approximate surface area is 147 Å². The molecule has 4 rings (SSSR count). The molecule has 0 bridgehead atoms. The number of anilines is 1. The first kappa shape index (κ1) is 15.8. The summed E-state index contributed by atoms with van der Waals surface area (Å²) in [6.45, 7) is 1.88. The molecule has 3 aromatic rings. The number of halogens is 1. The van der Waals surface area contributed by atoms with Gasteiger partial charge in [-0.1, -0.05) is 24.3 Å². The van der Waals surface area contributed by atoms with Gasteiger partial charge in [-0.2, -0.15) is 0 Å². The molecule has 0 saturated carbocycles. The molecule has 0 amide bonds. The number of fused-ring (bicyclic) bond motifs is 1. The lowest BCUT2D eigenvalue weighted by atomic mass is 9.88. The zero-order valence-corrected chi connectivity index (χ0v) is 14.2. The fraction of sp³-hybridized carbons (Fsp3) is 0.238. The second kappa shape index (κ2) is 6.63. The van der Waals surface area contributed by atoms with Crippen molar-refractivity contribution in [2.24, 2.45) is 0 Å². The van der Waals surface area contributed by atoms with Crippen molar-refractivity contribution in [2.45, 2.75) is 32.2 Å². The standard InChI is InChI=1S/C21H20FN3/c1-14-23-20(16-9-11-17(22)12-10-16)13-21(24-14)25-19-8-4-6-15-5-2-3-7-18(15)19/h2-3,5,7,9-13,19H,4,6,8H2,1H3,(H,23,24,25)/t19-/m1/s1. The Bertz CT molecular complexity index is 890. The second-order valence-corrected chi connectivity index (χ2v) is 6.48. The molecule has 1 aliphatic carbocycles. The molecular formula is C21H20FN3. The van der Waals surface area contributed by atoms with E-state index in [-0.39, 0.29) is 11.9 Å². The normalized spacial score (nSPS) is 16.3. The molecule has 4 heteroatoms. The van der Waals surface area contributed by atoms with Crippen LogP contribution in [0.25, 0.3) is 11.3 Å². The Balaban J connectivity index is 1.65. The molecule has 1 N–H and O–H groups in total. The summed E-state index contributed by atoms with van der Waals surface area (Å²) < 4.78 is 13.2. The average molecular weight is 333 g/mol. The molecule has 2 aromatic carbocycles. The Hall–Kier alpha value is -2.75. The first-order chi connectivity index (χ1) is 12.2. The topological polar surface area (TPSA) is 37.8 Å². The van der Waals surface area contributed by atoms with E-state index in [1.54, 1.807) is 12.1 Å². The van der Waals surface area contributed by atoms with Gasteiger partial charge in [0.05, 0.1) is 11.7 Å². The third-order valence-electron chi connectivity index (χ3n) is 4.67. The van der Waals surface area contributed by atoms with Gasteiger partial charge in [0.1, 0.15) is 17.5 Å². The minimum absolute atomic E-state index is 0.244. The fourth-order valence-corrected chi connectivity index (χ4v) is 3.49. The monoisotopic (exact) mass is 333 g/mol. The molecule has 1 aliphatic rings. The first-order valence-corrected chi connectivity index (χ1v) is 8.65. The van der Waals surface area contributed by atoms with Gasteiger partial charge in [0.15, 0.2) is 0 Å². The molecule has 0 spiro atoms. The third kappa shape index (κ3) is 3.38. The van der Waals surface area contributed by atoms with Gasteiger partial charge in [-0.15, -0.1) is 0 Å². The quantitative estimate of drug-likeness (QED) is 0.726. The molecule has 0 unspecified atom stereocenters. The van der Waals surface area contributed by atoms with E-state index in [1.807, 2.05) is 13.0 Å². The van der Waals surface area contributed by atoms with Gasteiger partial charge in [-0.25, -0.2) is 14.4 Å². The van der Waals surface area contributed by atoms with Gasteiger partial charge in [0.25, 0.3) is 0 Å². The van der Waals surface area contributed by atoms with Gasteiger partial charge in [-0.3, -0.25) is 0 Å². The maximum atomic E-state index is 13.2. The van der Waals surface area contributed by atoms with Gasteiger partial charge < -0.3 is 5.32 Å². The summed E-state index contributed by atoms with van der Waals surface area (Å²) in [5, 5.41) is 3.57. The van der Waals surface area contributed by atoms with Crippen molar-refractivity contribution in [2.75, 3.05) is 5.32 Å². The SMILES string of the molecule is Cc1nc(N[C@@H]2CCCc3ccccc32)cc(-c2ccc(F)cc2)n1. The number of nitrogens with one attached hydrogen (secondary N) is 1. The average Bonchev–Trinajstić information content (AvgIpc) is 2.62. The lowest BCUT2D eigenvalue weighted by Crippen LogP contribution is -2.18. The van der Waals surface area contributed by atoms with Gasteiger partial charge >= 0.3 is 0 Å². The van der Waals surface area contributed by atoms with Crippen LogP contribution >= 0.6 is 0 Å². The largest absolute Gasteiger partial charge is 0.363 e. The lowest BCUT2D eigenvalue weighted by Gasteiger charge is -2.27. The van der Waals surface area contributed by atoms with Crippen LogP contribution < -0.4 is 5.32 Å². The maximum Gasteiger partial charge on any atom is 0.130 e. The van der Waals surface area contributed by atoms with Crippen molar-refractivity contribution in [1.29, 1.82) is 0 Å². The van der Waals surface area contributed by atoms with Crippen LogP contribution in [0.3, 0.4) is 0 Å². The summed E-state index contributed by atoms with van der Waals surface area (Å²) in [4.78, 5) is 9.05. The number of hydrogen-bond acceptors (Lipinski definition) is 3. The lowest BCUT2D eigenvalue weighted by molar-refractivity contribution is 0.598. The van der Waals surface area contributed by atoms with E-state index < -0.39 is 0 Å². The summed E-state index contributed by atoms with van der Waals surface area (Å²) in [6, 6.07) is 17.2. The molecule has 0 aliphatic heterocycles. The molecule has 0 fully saturated rings. The number of aryl methyl sites for hydroxylation is 2. The molecule has 25 heavy (non-hydrogen) atoms. The summed E-state index contributed by atoms with van der Waals surface area (Å²) >= 11 is 0. The Morgan fingerprint density at radius 1 is 1.04 bits per heavy atom. The Kier molecular flexibility index (Phi) is 4.18. The Morgan fingerprint density at radius 3 is 2.68 bits per heavy atom. The summed E-state index contributed by atoms with van der Waals surface area (Å²) in [5.41, 5.74) is 4.46. The predicted octanol–water partition coefficient (Wildman–Crippen LogP) is 5.08. The molecule has 3 nitrogen and oxygen atoms in total. The molecule has 126 valence electrons. The smallest absolute Gasteiger partial charge is 0.130 e. The van der Waals surface area contributed by atoms with Crippen LogP contribution in [-0.2, 0) is 6.42 Å². The fourth-order valence-electron chi connectivity index (χ4n) is 3.49. The van der Waals surface area contributed by atoms with E-state index in [0.717, 1.165) is 29.9 Å². The summed E-state index contributed by atoms with van der Waals surface area (Å²) in [6.07, 6.45) is 3.40. The van der Waals surface area contributed by atoms with Crippen LogP contribution in [0.15, 0.2) is 54.6 Å². The van der Waals surface area contributed by atoms with E-state index in [9.17, 15) is 4.39 Å². The maximum absolute atomic E-state index is 13.2.